The van der Waals surface area contributed by atoms with Crippen LogP contribution in [0, 0.1) is 0 Å². The fraction of sp³-hybridized carbons (Fsp3) is 0.714. The average molecular weight is 175 g/mol. The molecule has 0 heterocycles. The van der Waals surface area contributed by atoms with Crippen LogP contribution in [0.25, 0.3) is 0 Å². The molecule has 1 rings (SSSR count). The molecule has 0 saturated carbocycles. The first-order valence-electron chi connectivity index (χ1n) is 3.84. The zero-order valence-corrected chi connectivity index (χ0v) is 7.42. The van der Waals surface area contributed by atoms with Crippen molar-refractivity contribution in [2.75, 3.05) is 6.16 Å². The molecule has 64 valence electrons. The predicted molar refractivity (Wildman–Crippen MR) is 46.0 cm³/mol. The monoisotopic (exact) mass is 175 g/mol. The minimum absolute atomic E-state index is 0.256. The van der Waals surface area contributed by atoms with Crippen LogP contribution in [0.15, 0.2) is 11.6 Å². The van der Waals surface area contributed by atoms with E-state index in [1.54, 1.807) is 0 Å². The first-order chi connectivity index (χ1) is 5.18. The molecule has 2 atom stereocenters. The summed E-state index contributed by atoms with van der Waals surface area (Å²) in [5.41, 5.74) is 6.90. The van der Waals surface area contributed by atoms with Gasteiger partial charge in [0.2, 0.25) is 0 Å². The van der Waals surface area contributed by atoms with E-state index >= 15 is 0 Å². The molecule has 3 N–H and O–H groups in total. The first kappa shape index (κ1) is 8.98. The molecule has 0 fully saturated rings. The zero-order chi connectivity index (χ0) is 8.27. The number of hydrogen-bond donors (Lipinski definition) is 2. The summed E-state index contributed by atoms with van der Waals surface area (Å²) in [6, 6.07) is 0.256. The molecule has 2 unspecified atom stereocenters. The van der Waals surface area contributed by atoms with Crippen molar-refractivity contribution in [3.8, 4) is 0 Å². The van der Waals surface area contributed by atoms with Crippen LogP contribution in [0.2, 0.25) is 0 Å². The van der Waals surface area contributed by atoms with Crippen LogP contribution < -0.4 is 5.73 Å². The summed E-state index contributed by atoms with van der Waals surface area (Å²) in [5, 5.41) is 0. The molecule has 0 aliphatic heterocycles. The highest BCUT2D eigenvalue weighted by Crippen LogP contribution is 2.24. The molecular formula is C7H14NO2P. The van der Waals surface area contributed by atoms with Gasteiger partial charge in [-0.2, -0.15) is 0 Å². The fourth-order valence-corrected chi connectivity index (χ4v) is 1.83. The Morgan fingerprint density at radius 2 is 2.55 bits per heavy atom. The van der Waals surface area contributed by atoms with Crippen LogP contribution in [0.1, 0.15) is 19.3 Å². The average Bonchev–Trinajstić information content (AvgIpc) is 2.31. The highest BCUT2D eigenvalue weighted by Gasteiger charge is 2.12. The molecule has 11 heavy (non-hydrogen) atoms. The van der Waals surface area contributed by atoms with E-state index in [0.29, 0.717) is 6.16 Å². The fourth-order valence-electron chi connectivity index (χ4n) is 1.29. The molecule has 1 aliphatic rings. The predicted octanol–water partition coefficient (Wildman–Crippen LogP) is 0.891. The van der Waals surface area contributed by atoms with Gasteiger partial charge in [-0.3, -0.25) is 4.57 Å². The summed E-state index contributed by atoms with van der Waals surface area (Å²) in [6.45, 7) is 0. The third-order valence-electron chi connectivity index (χ3n) is 1.89. The molecule has 0 amide bonds. The third kappa shape index (κ3) is 3.19. The van der Waals surface area contributed by atoms with E-state index in [-0.39, 0.29) is 6.04 Å². The van der Waals surface area contributed by atoms with Gasteiger partial charge in [-0.15, -0.1) is 0 Å². The lowest BCUT2D eigenvalue weighted by molar-refractivity contribution is 0.502. The summed E-state index contributed by atoms with van der Waals surface area (Å²) in [5.74, 6) is 0. The Labute approximate surface area is 67.2 Å². The van der Waals surface area contributed by atoms with E-state index < -0.39 is 8.03 Å². The second-order valence-corrected chi connectivity index (χ2v) is 4.24. The van der Waals surface area contributed by atoms with E-state index in [1.807, 2.05) is 0 Å². The molecule has 0 bridgehead atoms. The number of rotatable bonds is 3. The van der Waals surface area contributed by atoms with Gasteiger partial charge >= 0.3 is 0 Å². The summed E-state index contributed by atoms with van der Waals surface area (Å²) in [4.78, 5) is 8.57. The lowest BCUT2D eigenvalue weighted by atomic mass is 10.1. The standard InChI is InChI=1S/C7H14NO2P/c8-7-2-1-6(5-7)3-4-11(9)10/h1,7,11H,2-5,8H2,(H,9,10). The summed E-state index contributed by atoms with van der Waals surface area (Å²) < 4.78 is 10.4. The van der Waals surface area contributed by atoms with Crippen LogP contribution in [-0.4, -0.2) is 17.1 Å². The smallest absolute Gasteiger partial charge is 0.189 e. The second-order valence-electron chi connectivity index (χ2n) is 2.96. The maximum absolute atomic E-state index is 10.4. The normalized spacial score (nSPS) is 26.7. The van der Waals surface area contributed by atoms with Gasteiger partial charge < -0.3 is 10.6 Å². The van der Waals surface area contributed by atoms with Gasteiger partial charge in [-0.05, 0) is 19.3 Å². The highest BCUT2D eigenvalue weighted by molar-refractivity contribution is 7.37. The van der Waals surface area contributed by atoms with Crippen molar-refractivity contribution in [1.82, 2.24) is 0 Å². The Bertz CT molecular complexity index is 191. The van der Waals surface area contributed by atoms with Gasteiger partial charge in [0.1, 0.15) is 0 Å². The van der Waals surface area contributed by atoms with Crippen molar-refractivity contribution in [3.63, 3.8) is 0 Å². The quantitative estimate of drug-likeness (QED) is 0.494. The van der Waals surface area contributed by atoms with E-state index in [4.69, 9.17) is 10.6 Å². The Morgan fingerprint density at radius 3 is 3.00 bits per heavy atom. The molecule has 4 heteroatoms. The Balaban J connectivity index is 2.23. The molecule has 3 nitrogen and oxygen atoms in total. The molecule has 0 spiro atoms. The van der Waals surface area contributed by atoms with Crippen LogP contribution in [0.3, 0.4) is 0 Å². The van der Waals surface area contributed by atoms with Gasteiger partial charge in [0.05, 0.1) is 0 Å². The molecule has 1 aliphatic carbocycles. The van der Waals surface area contributed by atoms with Crippen molar-refractivity contribution < 1.29 is 9.46 Å². The zero-order valence-electron chi connectivity index (χ0n) is 6.42. The van der Waals surface area contributed by atoms with Gasteiger partial charge in [0.25, 0.3) is 0 Å². The molecule has 0 aromatic heterocycles. The first-order valence-corrected chi connectivity index (χ1v) is 5.40. The van der Waals surface area contributed by atoms with Gasteiger partial charge in [0, 0.05) is 12.2 Å². The van der Waals surface area contributed by atoms with Crippen molar-refractivity contribution in [1.29, 1.82) is 0 Å². The minimum atomic E-state index is -2.27. The van der Waals surface area contributed by atoms with Crippen LogP contribution in [0.5, 0.6) is 0 Å². The van der Waals surface area contributed by atoms with Crippen LogP contribution >= 0.6 is 8.03 Å². The van der Waals surface area contributed by atoms with Gasteiger partial charge in [0.15, 0.2) is 8.03 Å². The molecule has 0 radical (unpaired) electrons. The van der Waals surface area contributed by atoms with Crippen LogP contribution in [-0.2, 0) is 4.57 Å². The largest absolute Gasteiger partial charge is 0.346 e. The van der Waals surface area contributed by atoms with Crippen molar-refractivity contribution in [2.24, 2.45) is 5.73 Å². The Kier molecular flexibility index (Phi) is 3.31. The Morgan fingerprint density at radius 1 is 1.82 bits per heavy atom. The maximum atomic E-state index is 10.4. The topological polar surface area (TPSA) is 63.3 Å². The van der Waals surface area contributed by atoms with E-state index in [1.165, 1.54) is 5.57 Å². The molecular weight excluding hydrogens is 161 g/mol. The summed E-state index contributed by atoms with van der Waals surface area (Å²) in [6.07, 6.45) is 5.11. The Hall–Kier alpha value is -0.110. The maximum Gasteiger partial charge on any atom is 0.189 e. The summed E-state index contributed by atoms with van der Waals surface area (Å²) >= 11 is 0. The molecule has 0 aromatic rings. The van der Waals surface area contributed by atoms with Crippen molar-refractivity contribution in [2.45, 2.75) is 25.3 Å². The number of hydrogen-bond acceptors (Lipinski definition) is 2. The van der Waals surface area contributed by atoms with Crippen molar-refractivity contribution >= 4 is 8.03 Å². The lowest BCUT2D eigenvalue weighted by Gasteiger charge is -2.01. The highest BCUT2D eigenvalue weighted by atomic mass is 31.1. The van der Waals surface area contributed by atoms with Crippen molar-refractivity contribution in [3.05, 3.63) is 11.6 Å². The lowest BCUT2D eigenvalue weighted by Crippen LogP contribution is -2.14. The molecule has 0 saturated heterocycles. The minimum Gasteiger partial charge on any atom is -0.346 e. The van der Waals surface area contributed by atoms with Gasteiger partial charge in [-0.1, -0.05) is 11.6 Å². The third-order valence-corrected chi connectivity index (χ3v) is 2.57. The van der Waals surface area contributed by atoms with Crippen LogP contribution in [0.4, 0.5) is 0 Å². The SMILES string of the molecule is NC1CC=C(CC[PH](=O)O)C1. The van der Waals surface area contributed by atoms with Gasteiger partial charge in [-0.25, -0.2) is 0 Å². The van der Waals surface area contributed by atoms with E-state index in [2.05, 4.69) is 6.08 Å². The van der Waals surface area contributed by atoms with E-state index in [0.717, 1.165) is 19.3 Å². The van der Waals surface area contributed by atoms with E-state index in [9.17, 15) is 4.57 Å². The number of nitrogens with two attached hydrogens (primary N) is 1. The molecule has 0 aromatic carbocycles. The second kappa shape index (κ2) is 4.05. The summed E-state index contributed by atoms with van der Waals surface area (Å²) in [7, 11) is -2.27.